The summed E-state index contributed by atoms with van der Waals surface area (Å²) in [5.41, 5.74) is 0.637. The number of aromatic nitrogens is 3. The van der Waals surface area contributed by atoms with Crippen LogP contribution in [0.2, 0.25) is 5.02 Å². The van der Waals surface area contributed by atoms with Crippen molar-refractivity contribution in [1.82, 2.24) is 19.8 Å². The molecule has 0 saturated heterocycles. The molecule has 0 bridgehead atoms. The molecule has 146 valence electrons. The van der Waals surface area contributed by atoms with E-state index in [-0.39, 0.29) is 28.3 Å². The molecule has 0 radical (unpaired) electrons. The number of pyridine rings is 1. The van der Waals surface area contributed by atoms with E-state index in [0.717, 1.165) is 5.01 Å². The molecule has 11 heteroatoms. The Kier molecular flexibility index (Phi) is 5.93. The predicted octanol–water partition coefficient (Wildman–Crippen LogP) is 2.75. The van der Waals surface area contributed by atoms with Crippen molar-refractivity contribution in [3.05, 3.63) is 69.0 Å². The first kappa shape index (κ1) is 20.5. The average molecular weight is 475 g/mol. The maximum Gasteiger partial charge on any atom is 0.274 e. The van der Waals surface area contributed by atoms with Gasteiger partial charge < -0.3 is 5.32 Å². The van der Waals surface area contributed by atoms with Gasteiger partial charge in [-0.25, -0.2) is 15.5 Å². The fourth-order valence-electron chi connectivity index (χ4n) is 2.48. The Morgan fingerprint density at radius 1 is 1.34 bits per heavy atom. The predicted molar refractivity (Wildman–Crippen MR) is 109 cm³/mol. The standard InChI is InChI=1S/C18H13BrClN7O2/c1-26(22)18(29)11-7-10(9-21)4-5-13(11)24-17(28)14-8-15(19)25-27(14)16-12(20)3-2-6-23-16/h2-8H,22H2,1H3,(H,24,28). The van der Waals surface area contributed by atoms with Gasteiger partial charge in [0.2, 0.25) is 0 Å². The lowest BCUT2D eigenvalue weighted by molar-refractivity contribution is 0.0796. The summed E-state index contributed by atoms with van der Waals surface area (Å²) in [4.78, 5) is 29.5. The van der Waals surface area contributed by atoms with Crippen molar-refractivity contribution in [2.45, 2.75) is 0 Å². The molecule has 0 saturated carbocycles. The van der Waals surface area contributed by atoms with E-state index in [0.29, 0.717) is 9.63 Å². The number of halogens is 2. The van der Waals surface area contributed by atoms with Crippen LogP contribution in [0.25, 0.3) is 5.82 Å². The second-order valence-corrected chi connectivity index (χ2v) is 7.03. The third kappa shape index (κ3) is 4.27. The number of nitrogens with one attached hydrogen (secondary N) is 1. The average Bonchev–Trinajstić information content (AvgIpc) is 3.09. The van der Waals surface area contributed by atoms with Crippen LogP contribution in [-0.2, 0) is 0 Å². The minimum Gasteiger partial charge on any atom is -0.320 e. The van der Waals surface area contributed by atoms with Gasteiger partial charge in [0, 0.05) is 19.3 Å². The fraction of sp³-hybridized carbons (Fsp3) is 0.0556. The van der Waals surface area contributed by atoms with E-state index in [2.05, 4.69) is 31.3 Å². The monoisotopic (exact) mass is 473 g/mol. The zero-order chi connectivity index (χ0) is 21.1. The van der Waals surface area contributed by atoms with Gasteiger partial charge in [0.05, 0.1) is 27.9 Å². The van der Waals surface area contributed by atoms with E-state index >= 15 is 0 Å². The lowest BCUT2D eigenvalue weighted by Crippen LogP contribution is -2.34. The summed E-state index contributed by atoms with van der Waals surface area (Å²) in [5, 5.41) is 17.1. The van der Waals surface area contributed by atoms with Gasteiger partial charge in [-0.2, -0.15) is 10.4 Å². The second-order valence-electron chi connectivity index (χ2n) is 5.82. The lowest BCUT2D eigenvalue weighted by Gasteiger charge is -2.15. The van der Waals surface area contributed by atoms with Gasteiger partial charge in [-0.15, -0.1) is 0 Å². The summed E-state index contributed by atoms with van der Waals surface area (Å²) in [7, 11) is 1.36. The molecule has 3 rings (SSSR count). The molecule has 3 aromatic rings. The van der Waals surface area contributed by atoms with Crippen LogP contribution in [0, 0.1) is 11.3 Å². The number of carbonyl (C=O) groups excluding carboxylic acids is 2. The Morgan fingerprint density at radius 2 is 2.10 bits per heavy atom. The maximum atomic E-state index is 12.9. The minimum absolute atomic E-state index is 0.0726. The number of amides is 2. The van der Waals surface area contributed by atoms with Crippen molar-refractivity contribution in [1.29, 1.82) is 5.26 Å². The first-order valence-electron chi connectivity index (χ1n) is 8.06. The maximum absolute atomic E-state index is 12.9. The zero-order valence-corrected chi connectivity index (χ0v) is 17.3. The van der Waals surface area contributed by atoms with Gasteiger partial charge in [-0.3, -0.25) is 14.6 Å². The van der Waals surface area contributed by atoms with Crippen LogP contribution in [0.5, 0.6) is 0 Å². The number of nitrogens with zero attached hydrogens (tertiary/aromatic N) is 5. The fourth-order valence-corrected chi connectivity index (χ4v) is 3.06. The molecule has 0 fully saturated rings. The quantitative estimate of drug-likeness (QED) is 0.340. The van der Waals surface area contributed by atoms with Gasteiger partial charge >= 0.3 is 0 Å². The highest BCUT2D eigenvalue weighted by molar-refractivity contribution is 9.10. The molecule has 2 heterocycles. The summed E-state index contributed by atoms with van der Waals surface area (Å²) in [6, 6.07) is 11.0. The topological polar surface area (TPSA) is 130 Å². The van der Waals surface area contributed by atoms with E-state index in [4.69, 9.17) is 22.7 Å². The van der Waals surface area contributed by atoms with Crippen LogP contribution < -0.4 is 11.2 Å². The van der Waals surface area contributed by atoms with Gasteiger partial charge in [0.1, 0.15) is 10.3 Å². The third-order valence-corrected chi connectivity index (χ3v) is 4.48. The van der Waals surface area contributed by atoms with Crippen LogP contribution in [0.4, 0.5) is 5.69 Å². The lowest BCUT2D eigenvalue weighted by atomic mass is 10.1. The summed E-state index contributed by atoms with van der Waals surface area (Å²) < 4.78 is 1.67. The Bertz CT molecular complexity index is 1150. The van der Waals surface area contributed by atoms with Crippen molar-refractivity contribution >= 4 is 45.0 Å². The molecule has 3 N–H and O–H groups in total. The molecule has 0 atom stereocenters. The van der Waals surface area contributed by atoms with Gasteiger partial charge in [0.25, 0.3) is 11.8 Å². The molecule has 29 heavy (non-hydrogen) atoms. The van der Waals surface area contributed by atoms with Crippen molar-refractivity contribution in [3.8, 4) is 11.9 Å². The number of rotatable bonds is 4. The van der Waals surface area contributed by atoms with Crippen molar-refractivity contribution in [2.24, 2.45) is 5.84 Å². The number of benzene rings is 1. The number of nitrogens with two attached hydrogens (primary N) is 1. The van der Waals surface area contributed by atoms with E-state index in [1.807, 2.05) is 6.07 Å². The van der Waals surface area contributed by atoms with Crippen LogP contribution in [0.3, 0.4) is 0 Å². The molecule has 1 aromatic carbocycles. The zero-order valence-electron chi connectivity index (χ0n) is 14.9. The number of hydrazine groups is 1. The first-order valence-corrected chi connectivity index (χ1v) is 9.23. The molecular weight excluding hydrogens is 462 g/mol. The Morgan fingerprint density at radius 3 is 2.76 bits per heavy atom. The SMILES string of the molecule is CN(N)C(=O)c1cc(C#N)ccc1NC(=O)c1cc(Br)nn1-c1ncccc1Cl. The largest absolute Gasteiger partial charge is 0.320 e. The number of hydrogen-bond donors (Lipinski definition) is 2. The van der Waals surface area contributed by atoms with Crippen molar-refractivity contribution < 1.29 is 9.59 Å². The minimum atomic E-state index is -0.570. The van der Waals surface area contributed by atoms with Crippen LogP contribution in [0.1, 0.15) is 26.4 Å². The van der Waals surface area contributed by atoms with Crippen molar-refractivity contribution in [3.63, 3.8) is 0 Å². The van der Waals surface area contributed by atoms with Gasteiger partial charge in [-0.1, -0.05) is 11.6 Å². The second kappa shape index (κ2) is 8.40. The third-order valence-electron chi connectivity index (χ3n) is 3.80. The molecule has 0 aliphatic rings. The molecule has 9 nitrogen and oxygen atoms in total. The highest BCUT2D eigenvalue weighted by Gasteiger charge is 2.21. The highest BCUT2D eigenvalue weighted by Crippen LogP contribution is 2.24. The number of hydrogen-bond acceptors (Lipinski definition) is 6. The molecule has 2 aromatic heterocycles. The van der Waals surface area contributed by atoms with Crippen LogP contribution in [0.15, 0.2) is 47.2 Å². The molecule has 0 spiro atoms. The Labute approximate surface area is 178 Å². The molecular formula is C18H13BrClN7O2. The molecule has 2 amide bonds. The van der Waals surface area contributed by atoms with Gasteiger partial charge in [-0.05, 0) is 46.3 Å². The first-order chi connectivity index (χ1) is 13.8. The Hall–Kier alpha value is -3.26. The molecule has 0 aliphatic carbocycles. The highest BCUT2D eigenvalue weighted by atomic mass is 79.9. The van der Waals surface area contributed by atoms with Crippen molar-refractivity contribution in [2.75, 3.05) is 12.4 Å². The van der Waals surface area contributed by atoms with E-state index in [1.54, 1.807) is 12.1 Å². The van der Waals surface area contributed by atoms with Crippen LogP contribution in [-0.4, -0.2) is 38.6 Å². The molecule has 0 unspecified atom stereocenters. The summed E-state index contributed by atoms with van der Waals surface area (Å²) in [6.07, 6.45) is 1.52. The summed E-state index contributed by atoms with van der Waals surface area (Å²) in [6.45, 7) is 0. The summed E-state index contributed by atoms with van der Waals surface area (Å²) >= 11 is 9.41. The van der Waals surface area contributed by atoms with Gasteiger partial charge in [0.15, 0.2) is 5.82 Å². The number of carbonyl (C=O) groups is 2. The summed E-state index contributed by atoms with van der Waals surface area (Å²) in [5.74, 6) is 4.67. The number of anilines is 1. The van der Waals surface area contributed by atoms with E-state index in [1.165, 1.54) is 42.2 Å². The number of nitriles is 1. The normalized spacial score (nSPS) is 10.3. The van der Waals surface area contributed by atoms with Crippen LogP contribution >= 0.6 is 27.5 Å². The smallest absolute Gasteiger partial charge is 0.274 e. The Balaban J connectivity index is 2.02. The van der Waals surface area contributed by atoms with E-state index in [9.17, 15) is 9.59 Å². The molecule has 0 aliphatic heterocycles. The van der Waals surface area contributed by atoms with E-state index < -0.39 is 11.8 Å².